The minimum absolute atomic E-state index is 0.0881. The number of aromatic carboxylic acids is 1. The van der Waals surface area contributed by atoms with E-state index in [0.717, 1.165) is 12.8 Å². The van der Waals surface area contributed by atoms with Gasteiger partial charge in [0.15, 0.2) is 5.76 Å². The average Bonchev–Trinajstić information content (AvgIpc) is 3.05. The molecule has 5 nitrogen and oxygen atoms in total. The first-order chi connectivity index (χ1) is 9.52. The van der Waals surface area contributed by atoms with E-state index in [1.54, 1.807) is 11.9 Å². The smallest absolute Gasteiger partial charge is 0.339 e. The Balaban J connectivity index is 2.09. The van der Waals surface area contributed by atoms with E-state index in [0.29, 0.717) is 24.6 Å². The molecule has 0 unspecified atom stereocenters. The minimum Gasteiger partial charge on any atom is -0.478 e. The first-order valence-corrected chi connectivity index (χ1v) is 7.14. The van der Waals surface area contributed by atoms with Gasteiger partial charge >= 0.3 is 5.97 Å². The minimum atomic E-state index is -1.05. The van der Waals surface area contributed by atoms with Gasteiger partial charge in [-0.05, 0) is 18.8 Å². The molecular formula is C15H21NO4. The van der Waals surface area contributed by atoms with E-state index in [1.807, 2.05) is 6.92 Å². The van der Waals surface area contributed by atoms with Gasteiger partial charge < -0.3 is 14.4 Å². The van der Waals surface area contributed by atoms with Crippen LogP contribution in [0.1, 0.15) is 59.3 Å². The highest BCUT2D eigenvalue weighted by Crippen LogP contribution is 2.26. The van der Waals surface area contributed by atoms with Gasteiger partial charge in [-0.3, -0.25) is 4.79 Å². The van der Waals surface area contributed by atoms with Gasteiger partial charge in [-0.1, -0.05) is 19.8 Å². The predicted octanol–water partition coefficient (Wildman–Crippen LogP) is 2.80. The highest BCUT2D eigenvalue weighted by molar-refractivity contribution is 5.96. The Morgan fingerprint density at radius 1 is 1.40 bits per heavy atom. The number of amides is 1. The van der Waals surface area contributed by atoms with E-state index in [9.17, 15) is 9.59 Å². The highest BCUT2D eigenvalue weighted by Gasteiger charge is 2.24. The third-order valence-corrected chi connectivity index (χ3v) is 3.92. The fraction of sp³-hybridized carbons (Fsp3) is 0.600. The highest BCUT2D eigenvalue weighted by atomic mass is 16.4. The molecule has 0 radical (unpaired) electrons. The number of carbonyl (C=O) groups is 2. The van der Waals surface area contributed by atoms with Crippen molar-refractivity contribution in [1.29, 1.82) is 0 Å². The molecule has 1 aliphatic carbocycles. The molecule has 1 N–H and O–H groups in total. The number of aryl methyl sites for hydroxylation is 1. The third kappa shape index (κ3) is 3.03. The number of carboxylic acid groups (broad SMARTS) is 1. The molecule has 0 saturated heterocycles. The van der Waals surface area contributed by atoms with Gasteiger partial charge in [0.1, 0.15) is 11.3 Å². The van der Waals surface area contributed by atoms with Crippen LogP contribution in [-0.4, -0.2) is 35.5 Å². The monoisotopic (exact) mass is 279 g/mol. The van der Waals surface area contributed by atoms with Gasteiger partial charge in [0.25, 0.3) is 5.91 Å². The Hall–Kier alpha value is -1.78. The Morgan fingerprint density at radius 2 is 2.05 bits per heavy atom. The summed E-state index contributed by atoms with van der Waals surface area (Å²) in [7, 11) is 1.75. The van der Waals surface area contributed by atoms with Crippen molar-refractivity contribution in [2.75, 3.05) is 13.6 Å². The van der Waals surface area contributed by atoms with Crippen LogP contribution in [0.4, 0.5) is 0 Å². The molecule has 20 heavy (non-hydrogen) atoms. The fourth-order valence-electron chi connectivity index (χ4n) is 2.83. The standard InChI is InChI=1S/C15H21NO4/c1-3-12-11(15(18)19)8-13(20-12)14(17)16(2)9-10-6-4-5-7-10/h8,10H,3-7,9H2,1-2H3,(H,18,19). The lowest BCUT2D eigenvalue weighted by Gasteiger charge is -2.19. The summed E-state index contributed by atoms with van der Waals surface area (Å²) in [5, 5.41) is 9.08. The van der Waals surface area contributed by atoms with Crippen LogP contribution in [0.25, 0.3) is 0 Å². The lowest BCUT2D eigenvalue weighted by Crippen LogP contribution is -2.30. The maximum atomic E-state index is 12.3. The van der Waals surface area contributed by atoms with Crippen LogP contribution < -0.4 is 0 Å². The molecule has 0 aromatic carbocycles. The van der Waals surface area contributed by atoms with Crippen molar-refractivity contribution in [3.63, 3.8) is 0 Å². The SMILES string of the molecule is CCc1oc(C(=O)N(C)CC2CCCC2)cc1C(=O)O. The van der Waals surface area contributed by atoms with Crippen LogP contribution in [-0.2, 0) is 6.42 Å². The van der Waals surface area contributed by atoms with E-state index in [1.165, 1.54) is 18.9 Å². The van der Waals surface area contributed by atoms with Crippen molar-refractivity contribution in [1.82, 2.24) is 4.90 Å². The zero-order valence-electron chi connectivity index (χ0n) is 12.0. The first kappa shape index (κ1) is 14.6. The van der Waals surface area contributed by atoms with E-state index in [2.05, 4.69) is 0 Å². The van der Waals surface area contributed by atoms with Gasteiger partial charge in [-0.25, -0.2) is 4.79 Å². The average molecular weight is 279 g/mol. The molecule has 110 valence electrons. The molecule has 2 rings (SSSR count). The van der Waals surface area contributed by atoms with Crippen LogP contribution in [0.3, 0.4) is 0 Å². The van der Waals surface area contributed by atoms with Crippen LogP contribution in [0, 0.1) is 5.92 Å². The molecule has 0 bridgehead atoms. The molecule has 0 aliphatic heterocycles. The summed E-state index contributed by atoms with van der Waals surface area (Å²) in [6.07, 6.45) is 5.25. The molecule has 1 saturated carbocycles. The summed E-state index contributed by atoms with van der Waals surface area (Å²) in [5.74, 6) is -0.249. The zero-order chi connectivity index (χ0) is 14.7. The van der Waals surface area contributed by atoms with Crippen LogP contribution in [0.5, 0.6) is 0 Å². The number of furan rings is 1. The second-order valence-corrected chi connectivity index (χ2v) is 5.44. The number of rotatable bonds is 5. The maximum Gasteiger partial charge on any atom is 0.339 e. The second kappa shape index (κ2) is 6.11. The van der Waals surface area contributed by atoms with Crippen molar-refractivity contribution in [3.05, 3.63) is 23.2 Å². The van der Waals surface area contributed by atoms with Gasteiger partial charge in [0.2, 0.25) is 0 Å². The van der Waals surface area contributed by atoms with Crippen LogP contribution in [0.2, 0.25) is 0 Å². The van der Waals surface area contributed by atoms with Crippen molar-refractivity contribution in [2.24, 2.45) is 5.92 Å². The summed E-state index contributed by atoms with van der Waals surface area (Å²) >= 11 is 0. The van der Waals surface area contributed by atoms with Crippen molar-refractivity contribution in [2.45, 2.75) is 39.0 Å². The summed E-state index contributed by atoms with van der Waals surface area (Å²) in [4.78, 5) is 25.0. The molecule has 1 aliphatic rings. The van der Waals surface area contributed by atoms with Crippen molar-refractivity contribution >= 4 is 11.9 Å². The van der Waals surface area contributed by atoms with Gasteiger partial charge in [0.05, 0.1) is 0 Å². The number of nitrogens with zero attached hydrogens (tertiary/aromatic N) is 1. The van der Waals surface area contributed by atoms with E-state index < -0.39 is 5.97 Å². The fourth-order valence-corrected chi connectivity index (χ4v) is 2.83. The largest absolute Gasteiger partial charge is 0.478 e. The Kier molecular flexibility index (Phi) is 4.47. The van der Waals surface area contributed by atoms with Crippen LogP contribution >= 0.6 is 0 Å². The van der Waals surface area contributed by atoms with E-state index in [4.69, 9.17) is 9.52 Å². The molecule has 1 heterocycles. The first-order valence-electron chi connectivity index (χ1n) is 7.14. The topological polar surface area (TPSA) is 70.8 Å². The number of carbonyl (C=O) groups excluding carboxylic acids is 1. The van der Waals surface area contributed by atoms with E-state index >= 15 is 0 Å². The van der Waals surface area contributed by atoms with Gasteiger partial charge in [-0.2, -0.15) is 0 Å². The number of hydrogen-bond donors (Lipinski definition) is 1. The summed E-state index contributed by atoms with van der Waals surface area (Å²) in [6, 6.07) is 1.34. The number of carboxylic acids is 1. The molecule has 1 amide bonds. The molecular weight excluding hydrogens is 258 g/mol. The molecule has 1 aromatic heterocycles. The molecule has 0 spiro atoms. The summed E-state index contributed by atoms with van der Waals surface area (Å²) in [5.41, 5.74) is 0.0881. The molecule has 5 heteroatoms. The van der Waals surface area contributed by atoms with Gasteiger partial charge in [-0.15, -0.1) is 0 Å². The van der Waals surface area contributed by atoms with E-state index in [-0.39, 0.29) is 17.2 Å². The summed E-state index contributed by atoms with van der Waals surface area (Å²) in [6.45, 7) is 2.52. The Bertz CT molecular complexity index is 500. The lowest BCUT2D eigenvalue weighted by molar-refractivity contribution is 0.0692. The van der Waals surface area contributed by atoms with Gasteiger partial charge in [0, 0.05) is 26.1 Å². The quantitative estimate of drug-likeness (QED) is 0.899. The predicted molar refractivity (Wildman–Crippen MR) is 74.0 cm³/mol. The van der Waals surface area contributed by atoms with Crippen LogP contribution in [0.15, 0.2) is 10.5 Å². The molecule has 0 atom stereocenters. The zero-order valence-corrected chi connectivity index (χ0v) is 12.0. The lowest BCUT2D eigenvalue weighted by atomic mass is 10.1. The Morgan fingerprint density at radius 3 is 2.55 bits per heavy atom. The molecule has 1 aromatic rings. The second-order valence-electron chi connectivity index (χ2n) is 5.44. The third-order valence-electron chi connectivity index (χ3n) is 3.92. The maximum absolute atomic E-state index is 12.3. The van der Waals surface area contributed by atoms with Crippen molar-refractivity contribution in [3.8, 4) is 0 Å². The Labute approximate surface area is 118 Å². The summed E-state index contributed by atoms with van der Waals surface area (Å²) < 4.78 is 5.40. The normalized spacial score (nSPS) is 15.5. The number of hydrogen-bond acceptors (Lipinski definition) is 3. The molecule has 1 fully saturated rings. The van der Waals surface area contributed by atoms with Crippen molar-refractivity contribution < 1.29 is 19.1 Å².